The molecule has 1 saturated carbocycles. The van der Waals surface area contributed by atoms with Crippen molar-refractivity contribution in [3.63, 3.8) is 0 Å². The van der Waals surface area contributed by atoms with Gasteiger partial charge in [-0.1, -0.05) is 18.9 Å². The highest BCUT2D eigenvalue weighted by molar-refractivity contribution is 5.95. The summed E-state index contributed by atoms with van der Waals surface area (Å²) in [6.45, 7) is 1.82. The lowest BCUT2D eigenvalue weighted by atomic mass is 10.1. The van der Waals surface area contributed by atoms with Crippen LogP contribution >= 0.6 is 0 Å². The van der Waals surface area contributed by atoms with Crippen LogP contribution in [0.1, 0.15) is 60.6 Å². The van der Waals surface area contributed by atoms with Crippen molar-refractivity contribution >= 4 is 11.7 Å². The minimum absolute atomic E-state index is 0.360. The van der Waals surface area contributed by atoms with Gasteiger partial charge in [0, 0.05) is 24.6 Å². The average Bonchev–Trinajstić information content (AvgIpc) is 3.37. The summed E-state index contributed by atoms with van der Waals surface area (Å²) in [6.07, 6.45) is 6.98. The molecule has 2 fully saturated rings. The van der Waals surface area contributed by atoms with Crippen LogP contribution < -0.4 is 4.90 Å². The summed E-state index contributed by atoms with van der Waals surface area (Å²) in [4.78, 5) is 18.4. The largest absolute Gasteiger partial charge is 0.478 e. The molecule has 6 heteroatoms. The van der Waals surface area contributed by atoms with Gasteiger partial charge in [-0.25, -0.2) is 9.78 Å². The number of anilines is 1. The van der Waals surface area contributed by atoms with Crippen LogP contribution in [0.25, 0.3) is 11.4 Å². The Hall–Kier alpha value is -2.37. The van der Waals surface area contributed by atoms with Crippen molar-refractivity contribution in [1.82, 2.24) is 15.2 Å². The van der Waals surface area contributed by atoms with Gasteiger partial charge < -0.3 is 10.0 Å². The number of carboxylic acids is 1. The highest BCUT2D eigenvalue weighted by Crippen LogP contribution is 2.38. The number of hydrogen-bond donors (Lipinski definition) is 2. The molecule has 0 amide bonds. The standard InChI is InChI=1S/C18H22N4O2/c23-18(24)14-8-7-13(17-19-16(20-21-17)12-5-6-12)11-15(14)22-9-3-1-2-4-10-22/h7-8,11-12H,1-6,9-10H2,(H,23,24)(H,19,20,21). The van der Waals surface area contributed by atoms with E-state index >= 15 is 0 Å². The Morgan fingerprint density at radius 3 is 2.58 bits per heavy atom. The van der Waals surface area contributed by atoms with E-state index in [0.29, 0.717) is 17.3 Å². The van der Waals surface area contributed by atoms with Gasteiger partial charge in [-0.05, 0) is 37.8 Å². The van der Waals surface area contributed by atoms with E-state index in [-0.39, 0.29) is 0 Å². The Balaban J connectivity index is 1.70. The lowest BCUT2D eigenvalue weighted by Crippen LogP contribution is -2.26. The van der Waals surface area contributed by atoms with Gasteiger partial charge in [0.1, 0.15) is 5.82 Å². The number of aromatic carboxylic acids is 1. The second kappa shape index (κ2) is 6.26. The molecule has 1 aromatic carbocycles. The van der Waals surface area contributed by atoms with Gasteiger partial charge in [-0.15, -0.1) is 0 Å². The number of carbonyl (C=O) groups is 1. The first-order valence-electron chi connectivity index (χ1n) is 8.77. The van der Waals surface area contributed by atoms with Gasteiger partial charge in [0.05, 0.1) is 11.3 Å². The Morgan fingerprint density at radius 2 is 1.92 bits per heavy atom. The van der Waals surface area contributed by atoms with Crippen molar-refractivity contribution in [2.75, 3.05) is 18.0 Å². The molecule has 2 N–H and O–H groups in total. The van der Waals surface area contributed by atoms with Crippen molar-refractivity contribution in [3.8, 4) is 11.4 Å². The molecule has 0 bridgehead atoms. The molecule has 2 aromatic rings. The number of rotatable bonds is 4. The first-order chi connectivity index (χ1) is 11.7. The van der Waals surface area contributed by atoms with Gasteiger partial charge in [0.25, 0.3) is 0 Å². The van der Waals surface area contributed by atoms with Crippen LogP contribution in [-0.2, 0) is 0 Å². The highest BCUT2D eigenvalue weighted by Gasteiger charge is 2.27. The predicted molar refractivity (Wildman–Crippen MR) is 91.4 cm³/mol. The maximum atomic E-state index is 11.6. The molecule has 0 unspecified atom stereocenters. The van der Waals surface area contributed by atoms with Crippen molar-refractivity contribution < 1.29 is 9.90 Å². The molecule has 0 radical (unpaired) electrons. The molecule has 6 nitrogen and oxygen atoms in total. The third-order valence-electron chi connectivity index (χ3n) is 4.90. The molecule has 0 spiro atoms. The van der Waals surface area contributed by atoms with E-state index in [0.717, 1.165) is 43.0 Å². The molecule has 0 atom stereocenters. The van der Waals surface area contributed by atoms with Crippen LogP contribution in [-0.4, -0.2) is 39.3 Å². The van der Waals surface area contributed by atoms with Crippen molar-refractivity contribution in [2.24, 2.45) is 0 Å². The molecule has 126 valence electrons. The smallest absolute Gasteiger partial charge is 0.337 e. The zero-order chi connectivity index (χ0) is 16.5. The summed E-state index contributed by atoms with van der Waals surface area (Å²) in [5.74, 6) is 1.25. The van der Waals surface area contributed by atoms with E-state index in [1.165, 1.54) is 25.7 Å². The van der Waals surface area contributed by atoms with E-state index in [9.17, 15) is 9.90 Å². The molecule has 1 aliphatic heterocycles. The van der Waals surface area contributed by atoms with E-state index in [2.05, 4.69) is 20.1 Å². The van der Waals surface area contributed by atoms with E-state index in [4.69, 9.17) is 0 Å². The number of aromatic amines is 1. The topological polar surface area (TPSA) is 82.1 Å². The highest BCUT2D eigenvalue weighted by atomic mass is 16.4. The molecule has 1 aromatic heterocycles. The number of nitrogens with zero attached hydrogens (tertiary/aromatic N) is 3. The second-order valence-corrected chi connectivity index (χ2v) is 6.76. The molecule has 2 aliphatic rings. The SMILES string of the molecule is O=C(O)c1ccc(-c2n[nH]c(C3CC3)n2)cc1N1CCCCCC1. The lowest BCUT2D eigenvalue weighted by molar-refractivity contribution is 0.0697. The number of hydrogen-bond acceptors (Lipinski definition) is 4. The molecule has 2 heterocycles. The third-order valence-corrected chi connectivity index (χ3v) is 4.90. The zero-order valence-electron chi connectivity index (χ0n) is 13.7. The number of benzene rings is 1. The van der Waals surface area contributed by atoms with E-state index in [1.807, 2.05) is 12.1 Å². The van der Waals surface area contributed by atoms with Crippen molar-refractivity contribution in [3.05, 3.63) is 29.6 Å². The summed E-state index contributed by atoms with van der Waals surface area (Å²) in [5, 5.41) is 16.9. The van der Waals surface area contributed by atoms with Crippen LogP contribution in [0, 0.1) is 0 Å². The minimum Gasteiger partial charge on any atom is -0.478 e. The van der Waals surface area contributed by atoms with Crippen LogP contribution in [0.2, 0.25) is 0 Å². The van der Waals surface area contributed by atoms with Gasteiger partial charge in [0.2, 0.25) is 0 Å². The van der Waals surface area contributed by atoms with E-state index < -0.39 is 5.97 Å². The maximum absolute atomic E-state index is 11.6. The molecule has 1 saturated heterocycles. The van der Waals surface area contributed by atoms with Gasteiger partial charge >= 0.3 is 5.97 Å². The molecule has 1 aliphatic carbocycles. The van der Waals surface area contributed by atoms with Crippen molar-refractivity contribution in [1.29, 1.82) is 0 Å². The fourth-order valence-electron chi connectivity index (χ4n) is 3.37. The maximum Gasteiger partial charge on any atom is 0.337 e. The Kier molecular flexibility index (Phi) is 3.96. The summed E-state index contributed by atoms with van der Waals surface area (Å²) < 4.78 is 0. The Bertz CT molecular complexity index is 743. The predicted octanol–water partition coefficient (Wildman–Crippen LogP) is 3.43. The molecule has 24 heavy (non-hydrogen) atoms. The lowest BCUT2D eigenvalue weighted by Gasteiger charge is -2.24. The van der Waals surface area contributed by atoms with Crippen LogP contribution in [0.4, 0.5) is 5.69 Å². The number of nitrogens with one attached hydrogen (secondary N) is 1. The summed E-state index contributed by atoms with van der Waals surface area (Å²) >= 11 is 0. The summed E-state index contributed by atoms with van der Waals surface area (Å²) in [7, 11) is 0. The summed E-state index contributed by atoms with van der Waals surface area (Å²) in [5.41, 5.74) is 2.03. The summed E-state index contributed by atoms with van der Waals surface area (Å²) in [6, 6.07) is 5.43. The fraction of sp³-hybridized carbons (Fsp3) is 0.500. The second-order valence-electron chi connectivity index (χ2n) is 6.76. The Labute approximate surface area is 140 Å². The van der Waals surface area contributed by atoms with Crippen LogP contribution in [0.5, 0.6) is 0 Å². The number of carboxylic acid groups (broad SMARTS) is 1. The monoisotopic (exact) mass is 326 g/mol. The molecular formula is C18H22N4O2. The normalized spacial score (nSPS) is 18.4. The first kappa shape index (κ1) is 15.2. The zero-order valence-corrected chi connectivity index (χ0v) is 13.7. The molecular weight excluding hydrogens is 304 g/mol. The van der Waals surface area contributed by atoms with E-state index in [1.54, 1.807) is 6.07 Å². The van der Waals surface area contributed by atoms with Gasteiger partial charge in [-0.3, -0.25) is 5.10 Å². The van der Waals surface area contributed by atoms with Crippen LogP contribution in [0.3, 0.4) is 0 Å². The first-order valence-corrected chi connectivity index (χ1v) is 8.77. The fourth-order valence-corrected chi connectivity index (χ4v) is 3.37. The van der Waals surface area contributed by atoms with Crippen molar-refractivity contribution in [2.45, 2.75) is 44.4 Å². The number of H-pyrrole nitrogens is 1. The minimum atomic E-state index is -0.880. The molecule has 4 rings (SSSR count). The third kappa shape index (κ3) is 3.00. The van der Waals surface area contributed by atoms with Gasteiger partial charge in [-0.2, -0.15) is 5.10 Å². The quantitative estimate of drug-likeness (QED) is 0.899. The van der Waals surface area contributed by atoms with Gasteiger partial charge in [0.15, 0.2) is 5.82 Å². The van der Waals surface area contributed by atoms with Crippen LogP contribution in [0.15, 0.2) is 18.2 Å². The Morgan fingerprint density at radius 1 is 1.17 bits per heavy atom. The average molecular weight is 326 g/mol. The number of aromatic nitrogens is 3.